The van der Waals surface area contributed by atoms with Crippen molar-refractivity contribution in [1.82, 2.24) is 9.47 Å². The quantitative estimate of drug-likeness (QED) is 0.626. The van der Waals surface area contributed by atoms with Gasteiger partial charge >= 0.3 is 0 Å². The van der Waals surface area contributed by atoms with Crippen LogP contribution in [0.4, 0.5) is 5.69 Å². The summed E-state index contributed by atoms with van der Waals surface area (Å²) >= 11 is 6.08. The average molecular weight is 408 g/mol. The lowest BCUT2D eigenvalue weighted by molar-refractivity contribution is 0.0737. The molecule has 3 aromatic rings. The highest BCUT2D eigenvalue weighted by atomic mass is 35.5. The van der Waals surface area contributed by atoms with E-state index in [0.29, 0.717) is 0 Å². The van der Waals surface area contributed by atoms with Crippen LogP contribution in [0.25, 0.3) is 0 Å². The van der Waals surface area contributed by atoms with Crippen molar-refractivity contribution >= 4 is 23.2 Å². The Morgan fingerprint density at radius 2 is 1.62 bits per heavy atom. The summed E-state index contributed by atoms with van der Waals surface area (Å²) in [5.41, 5.74) is 4.38. The van der Waals surface area contributed by atoms with Crippen molar-refractivity contribution in [2.45, 2.75) is 12.8 Å². The minimum absolute atomic E-state index is 0.120. The van der Waals surface area contributed by atoms with E-state index in [2.05, 4.69) is 41.4 Å². The van der Waals surface area contributed by atoms with Crippen LogP contribution in [-0.4, -0.2) is 41.6 Å². The Morgan fingerprint density at radius 1 is 0.897 bits per heavy atom. The second-order valence-corrected chi connectivity index (χ2v) is 8.03. The van der Waals surface area contributed by atoms with Crippen LogP contribution < -0.4 is 4.90 Å². The number of benzene rings is 2. The van der Waals surface area contributed by atoms with E-state index < -0.39 is 0 Å². The normalized spacial score (nSPS) is 14.3. The molecule has 1 amide bonds. The number of amides is 1. The number of carbonyl (C=O) groups excluding carboxylic acids is 1. The van der Waals surface area contributed by atoms with E-state index in [0.717, 1.165) is 49.7 Å². The average Bonchev–Trinajstić information content (AvgIpc) is 3.13. The van der Waals surface area contributed by atoms with Gasteiger partial charge in [-0.2, -0.15) is 0 Å². The predicted octanol–water partition coefficient (Wildman–Crippen LogP) is 4.43. The van der Waals surface area contributed by atoms with Crippen molar-refractivity contribution in [3.63, 3.8) is 0 Å². The first-order valence-electron chi connectivity index (χ1n) is 10.1. The second kappa shape index (κ2) is 8.75. The molecule has 2 heterocycles. The molecule has 1 aliphatic rings. The molecule has 0 bridgehead atoms. The van der Waals surface area contributed by atoms with E-state index in [9.17, 15) is 4.79 Å². The molecule has 1 aromatic heterocycles. The van der Waals surface area contributed by atoms with Gasteiger partial charge in [0.2, 0.25) is 0 Å². The predicted molar refractivity (Wildman–Crippen MR) is 119 cm³/mol. The molecule has 0 unspecified atom stereocenters. The standard InChI is InChI=1S/C24H26ClN3O/c1-26-18-20(11-10-19-6-5-7-21(25)16-19)17-23(26)24(29)28-14-12-27(13-15-28)22-8-3-2-4-9-22/h2-9,16-18H,10-15H2,1H3. The highest BCUT2D eigenvalue weighted by Crippen LogP contribution is 2.19. The molecule has 2 aromatic carbocycles. The summed E-state index contributed by atoms with van der Waals surface area (Å²) in [4.78, 5) is 17.4. The number of hydrogen-bond acceptors (Lipinski definition) is 2. The van der Waals surface area contributed by atoms with Crippen LogP contribution in [0, 0.1) is 0 Å². The molecule has 0 radical (unpaired) electrons. The van der Waals surface area contributed by atoms with Gasteiger partial charge in [-0.1, -0.05) is 41.9 Å². The molecule has 1 aliphatic heterocycles. The van der Waals surface area contributed by atoms with Crippen LogP contribution in [-0.2, 0) is 19.9 Å². The Hall–Kier alpha value is -2.72. The van der Waals surface area contributed by atoms with Crippen LogP contribution in [0.1, 0.15) is 21.6 Å². The zero-order chi connectivity index (χ0) is 20.2. The lowest BCUT2D eigenvalue weighted by Crippen LogP contribution is -2.49. The third kappa shape index (κ3) is 4.65. The molecule has 5 heteroatoms. The maximum Gasteiger partial charge on any atom is 0.270 e. The smallest absolute Gasteiger partial charge is 0.270 e. The molecule has 4 rings (SSSR count). The third-order valence-corrected chi connectivity index (χ3v) is 5.80. The first kappa shape index (κ1) is 19.6. The van der Waals surface area contributed by atoms with E-state index in [4.69, 9.17) is 11.6 Å². The summed E-state index contributed by atoms with van der Waals surface area (Å²) in [6.07, 6.45) is 3.87. The summed E-state index contributed by atoms with van der Waals surface area (Å²) in [5.74, 6) is 0.120. The molecule has 1 fully saturated rings. The molecule has 29 heavy (non-hydrogen) atoms. The van der Waals surface area contributed by atoms with Gasteiger partial charge in [-0.05, 0) is 54.3 Å². The van der Waals surface area contributed by atoms with Crippen LogP contribution in [0.2, 0.25) is 5.02 Å². The second-order valence-electron chi connectivity index (χ2n) is 7.59. The fourth-order valence-corrected chi connectivity index (χ4v) is 4.14. The highest BCUT2D eigenvalue weighted by Gasteiger charge is 2.24. The zero-order valence-corrected chi connectivity index (χ0v) is 17.5. The van der Waals surface area contributed by atoms with Gasteiger partial charge in [0.05, 0.1) is 0 Å². The number of rotatable bonds is 5. The minimum Gasteiger partial charge on any atom is -0.368 e. The van der Waals surface area contributed by atoms with E-state index in [-0.39, 0.29) is 5.91 Å². The van der Waals surface area contributed by atoms with Crippen molar-refractivity contribution in [2.24, 2.45) is 7.05 Å². The van der Waals surface area contributed by atoms with E-state index >= 15 is 0 Å². The molecule has 0 aliphatic carbocycles. The van der Waals surface area contributed by atoms with Gasteiger partial charge in [0.25, 0.3) is 5.91 Å². The van der Waals surface area contributed by atoms with Crippen molar-refractivity contribution in [1.29, 1.82) is 0 Å². The molecule has 4 nitrogen and oxygen atoms in total. The number of hydrogen-bond donors (Lipinski definition) is 0. The number of halogens is 1. The SMILES string of the molecule is Cn1cc(CCc2cccc(Cl)c2)cc1C(=O)N1CCN(c2ccccc2)CC1. The molecule has 150 valence electrons. The highest BCUT2D eigenvalue weighted by molar-refractivity contribution is 6.30. The molecule has 1 saturated heterocycles. The number of piperazine rings is 1. The Bertz CT molecular complexity index is 975. The van der Waals surface area contributed by atoms with E-state index in [1.54, 1.807) is 0 Å². The van der Waals surface area contributed by atoms with Crippen LogP contribution in [0.5, 0.6) is 0 Å². The summed E-state index contributed by atoms with van der Waals surface area (Å²) in [7, 11) is 1.95. The number of nitrogens with zero attached hydrogens (tertiary/aromatic N) is 3. The van der Waals surface area contributed by atoms with E-state index in [1.807, 2.05) is 46.8 Å². The lowest BCUT2D eigenvalue weighted by Gasteiger charge is -2.36. The van der Waals surface area contributed by atoms with Gasteiger partial charge in [-0.3, -0.25) is 4.79 Å². The first-order chi connectivity index (χ1) is 14.1. The Kier molecular flexibility index (Phi) is 5.91. The van der Waals surface area contributed by atoms with Gasteiger partial charge in [0.1, 0.15) is 5.69 Å². The van der Waals surface area contributed by atoms with Crippen molar-refractivity contribution in [3.05, 3.63) is 88.7 Å². The van der Waals surface area contributed by atoms with Gasteiger partial charge in [0.15, 0.2) is 0 Å². The summed E-state index contributed by atoms with van der Waals surface area (Å²) in [6.45, 7) is 3.22. The van der Waals surface area contributed by atoms with Gasteiger partial charge in [0, 0.05) is 50.1 Å². The third-order valence-electron chi connectivity index (χ3n) is 5.56. The Balaban J connectivity index is 1.37. The summed E-state index contributed by atoms with van der Waals surface area (Å²) < 4.78 is 1.96. The maximum atomic E-state index is 13.1. The summed E-state index contributed by atoms with van der Waals surface area (Å²) in [5, 5.41) is 0.765. The van der Waals surface area contributed by atoms with Crippen molar-refractivity contribution in [3.8, 4) is 0 Å². The number of aryl methyl sites for hydroxylation is 3. The fourth-order valence-electron chi connectivity index (χ4n) is 3.93. The Labute approximate surface area is 177 Å². The first-order valence-corrected chi connectivity index (χ1v) is 10.5. The van der Waals surface area contributed by atoms with Gasteiger partial charge in [-0.25, -0.2) is 0 Å². The topological polar surface area (TPSA) is 28.5 Å². The number of aromatic nitrogens is 1. The molecule has 0 spiro atoms. The van der Waals surface area contributed by atoms with E-state index in [1.165, 1.54) is 16.8 Å². The molecular formula is C24H26ClN3O. The Morgan fingerprint density at radius 3 is 2.34 bits per heavy atom. The van der Waals surface area contributed by atoms with Crippen LogP contribution >= 0.6 is 11.6 Å². The summed E-state index contributed by atoms with van der Waals surface area (Å²) in [6, 6.07) is 20.4. The monoisotopic (exact) mass is 407 g/mol. The zero-order valence-electron chi connectivity index (χ0n) is 16.7. The van der Waals surface area contributed by atoms with Crippen molar-refractivity contribution < 1.29 is 4.79 Å². The van der Waals surface area contributed by atoms with Gasteiger partial charge < -0.3 is 14.4 Å². The minimum atomic E-state index is 0.120. The number of anilines is 1. The fraction of sp³-hybridized carbons (Fsp3) is 0.292. The molecule has 0 N–H and O–H groups in total. The molecule has 0 saturated carbocycles. The molecule has 0 atom stereocenters. The number of carbonyl (C=O) groups is 1. The molecular weight excluding hydrogens is 382 g/mol. The maximum absolute atomic E-state index is 13.1. The lowest BCUT2D eigenvalue weighted by atomic mass is 10.1. The van der Waals surface area contributed by atoms with Crippen LogP contribution in [0.3, 0.4) is 0 Å². The van der Waals surface area contributed by atoms with Crippen molar-refractivity contribution in [2.75, 3.05) is 31.1 Å². The van der Waals surface area contributed by atoms with Gasteiger partial charge in [-0.15, -0.1) is 0 Å². The van der Waals surface area contributed by atoms with Crippen LogP contribution in [0.15, 0.2) is 66.9 Å². The number of para-hydroxylation sites is 1. The largest absolute Gasteiger partial charge is 0.368 e.